The molecule has 3 aromatic carbocycles. The number of H-pyrrole nitrogens is 1. The molecule has 2 aromatic heterocycles. The van der Waals surface area contributed by atoms with Crippen LogP contribution >= 0.6 is 0 Å². The highest BCUT2D eigenvalue weighted by Gasteiger charge is 2.53. The number of nitrogens with one attached hydrogen (secondary N) is 2. The van der Waals surface area contributed by atoms with Crippen molar-refractivity contribution in [3.8, 4) is 28.6 Å². The number of carbonyl (C=O) groups excluding carboxylic acids is 1. The largest absolute Gasteiger partial charge is 0.504 e. The van der Waals surface area contributed by atoms with Crippen molar-refractivity contribution in [2.45, 2.75) is 57.1 Å². The average Bonchev–Trinajstić information content (AvgIpc) is 3.72. The third kappa shape index (κ3) is 7.14. The van der Waals surface area contributed by atoms with E-state index in [4.69, 9.17) is 9.47 Å². The lowest BCUT2D eigenvalue weighted by atomic mass is 9.87. The van der Waals surface area contributed by atoms with Crippen LogP contribution in [0.4, 0.5) is 26.3 Å². The fourth-order valence-corrected chi connectivity index (χ4v) is 7.78. The molecule has 6 rings (SSSR count). The van der Waals surface area contributed by atoms with Crippen LogP contribution in [-0.2, 0) is 26.0 Å². The van der Waals surface area contributed by atoms with Crippen molar-refractivity contribution >= 4 is 37.6 Å². The van der Waals surface area contributed by atoms with E-state index >= 15 is 0 Å². The monoisotopic (exact) mass is 735 g/mol. The van der Waals surface area contributed by atoms with Crippen molar-refractivity contribution in [1.82, 2.24) is 14.7 Å². The van der Waals surface area contributed by atoms with Crippen molar-refractivity contribution in [3.63, 3.8) is 0 Å². The Morgan fingerprint density at radius 3 is 2.18 bits per heavy atom. The average molecular weight is 736 g/mol. The zero-order valence-electron chi connectivity index (χ0n) is 27.3. The maximum absolute atomic E-state index is 13.4. The zero-order valence-corrected chi connectivity index (χ0v) is 28.2. The Hall–Kier alpha value is -4.99. The molecule has 1 aliphatic carbocycles. The van der Waals surface area contributed by atoms with E-state index in [1.807, 2.05) is 32.0 Å². The number of benzene rings is 3. The second-order valence-electron chi connectivity index (χ2n) is 12.7. The number of pyridine rings is 1. The number of phenolic OH excluding ortho intramolecular Hbond substituents is 1. The van der Waals surface area contributed by atoms with Crippen LogP contribution in [0.1, 0.15) is 40.7 Å². The quantitative estimate of drug-likeness (QED) is 0.126. The van der Waals surface area contributed by atoms with Gasteiger partial charge in [0.2, 0.25) is 21.8 Å². The third-order valence-electron chi connectivity index (χ3n) is 8.78. The van der Waals surface area contributed by atoms with Crippen LogP contribution in [0.25, 0.3) is 32.9 Å². The van der Waals surface area contributed by atoms with E-state index in [0.717, 1.165) is 16.7 Å². The molecule has 5 aromatic rings. The molecular weight excluding hydrogens is 704 g/mol. The van der Waals surface area contributed by atoms with E-state index in [1.165, 1.54) is 36.5 Å². The highest BCUT2D eigenvalue weighted by molar-refractivity contribution is 7.89. The standard InChI is InChI=1S/C35H31F6N3O6S/c1-18-6-4-7-19(2)26(18)33(11-12-33)32(46)44-51(47,48)15-21-9-10-22(20(3)14-21)28-24-25(31(43-28)50-17-35(39,40)41)27-23(8-5-13-42-27)30(29(24)45)49-16-34(36,37)38/h4-10,13-14,43,45H,11-12,15-17H2,1-3H3,(H,44,46). The smallest absolute Gasteiger partial charge is 0.422 e. The Morgan fingerprint density at radius 2 is 1.57 bits per heavy atom. The van der Waals surface area contributed by atoms with Gasteiger partial charge in [-0.25, -0.2) is 8.42 Å². The Kier molecular flexibility index (Phi) is 8.89. The summed E-state index contributed by atoms with van der Waals surface area (Å²) >= 11 is 0. The summed E-state index contributed by atoms with van der Waals surface area (Å²) in [5, 5.41) is 10.9. The first-order chi connectivity index (χ1) is 23.8. The first-order valence-electron chi connectivity index (χ1n) is 15.6. The molecule has 0 saturated heterocycles. The number of sulfonamides is 1. The molecule has 16 heteroatoms. The number of halogens is 6. The maximum Gasteiger partial charge on any atom is 0.422 e. The lowest BCUT2D eigenvalue weighted by Gasteiger charge is -2.20. The van der Waals surface area contributed by atoms with Crippen molar-refractivity contribution in [2.24, 2.45) is 0 Å². The molecule has 3 N–H and O–H groups in total. The number of amides is 1. The number of fused-ring (bicyclic) bond motifs is 3. The SMILES string of the molecule is Cc1cc(CS(=O)(=O)NC(=O)C2(c3c(C)cccc3C)CC2)ccc1-c1[nH]c(OCC(F)(F)F)c2c1c(O)c(OCC(F)(F)F)c1cccnc12. The van der Waals surface area contributed by atoms with Crippen molar-refractivity contribution < 1.29 is 54.1 Å². The predicted molar refractivity (Wildman–Crippen MR) is 176 cm³/mol. The lowest BCUT2D eigenvalue weighted by Crippen LogP contribution is -2.40. The molecule has 0 radical (unpaired) electrons. The molecule has 1 saturated carbocycles. The summed E-state index contributed by atoms with van der Waals surface area (Å²) in [6.07, 6.45) is -7.31. The minimum atomic E-state index is -4.79. The van der Waals surface area contributed by atoms with Gasteiger partial charge in [-0.15, -0.1) is 0 Å². The van der Waals surface area contributed by atoms with Crippen LogP contribution in [0.5, 0.6) is 17.4 Å². The van der Waals surface area contributed by atoms with Gasteiger partial charge in [0.1, 0.15) is 0 Å². The van der Waals surface area contributed by atoms with Crippen molar-refractivity contribution in [3.05, 3.63) is 82.5 Å². The van der Waals surface area contributed by atoms with Gasteiger partial charge in [0, 0.05) is 17.1 Å². The van der Waals surface area contributed by atoms with E-state index in [-0.39, 0.29) is 38.5 Å². The summed E-state index contributed by atoms with van der Waals surface area (Å²) in [6.45, 7) is 1.77. The molecule has 0 aliphatic heterocycles. The van der Waals surface area contributed by atoms with Crippen LogP contribution in [0, 0.1) is 20.8 Å². The number of ether oxygens (including phenoxy) is 2. The van der Waals surface area contributed by atoms with Crippen LogP contribution < -0.4 is 14.2 Å². The third-order valence-corrected chi connectivity index (χ3v) is 9.99. The summed E-state index contributed by atoms with van der Waals surface area (Å²) in [5.74, 6) is -3.10. The number of nitrogens with zero attached hydrogens (tertiary/aromatic N) is 1. The molecule has 270 valence electrons. The first kappa shape index (κ1) is 35.8. The molecule has 9 nitrogen and oxygen atoms in total. The van der Waals surface area contributed by atoms with Gasteiger partial charge in [-0.1, -0.05) is 36.4 Å². The van der Waals surface area contributed by atoms with Gasteiger partial charge in [0.15, 0.2) is 24.7 Å². The number of rotatable bonds is 10. The second-order valence-corrected chi connectivity index (χ2v) is 14.4. The fourth-order valence-electron chi connectivity index (χ4n) is 6.61. The number of carbonyl (C=O) groups is 1. The summed E-state index contributed by atoms with van der Waals surface area (Å²) < 4.78 is 118. The minimum Gasteiger partial charge on any atom is -0.504 e. The molecule has 2 heterocycles. The number of aryl methyl sites for hydroxylation is 3. The zero-order chi connectivity index (χ0) is 37.1. The number of aromatic nitrogens is 2. The van der Waals surface area contributed by atoms with E-state index in [1.54, 1.807) is 6.92 Å². The highest BCUT2D eigenvalue weighted by Crippen LogP contribution is 2.52. The predicted octanol–water partition coefficient (Wildman–Crippen LogP) is 7.57. The van der Waals surface area contributed by atoms with E-state index in [9.17, 15) is 44.7 Å². The Morgan fingerprint density at radius 1 is 0.922 bits per heavy atom. The Labute approximate surface area is 287 Å². The van der Waals surface area contributed by atoms with Crippen LogP contribution in [0.2, 0.25) is 0 Å². The molecule has 1 amide bonds. The van der Waals surface area contributed by atoms with Gasteiger partial charge < -0.3 is 19.6 Å². The topological polar surface area (TPSA) is 131 Å². The summed E-state index contributed by atoms with van der Waals surface area (Å²) in [6, 6.07) is 12.5. The van der Waals surface area contributed by atoms with Gasteiger partial charge in [-0.05, 0) is 73.6 Å². The number of phenols is 1. The Bertz CT molecular complexity index is 2280. The van der Waals surface area contributed by atoms with Gasteiger partial charge in [0.05, 0.1) is 33.2 Å². The number of aromatic amines is 1. The summed E-state index contributed by atoms with van der Waals surface area (Å²) in [5.41, 5.74) is 2.32. The van der Waals surface area contributed by atoms with Crippen LogP contribution in [-0.4, -0.2) is 55.0 Å². The molecular formula is C35H31F6N3O6S. The number of hydrogen-bond acceptors (Lipinski definition) is 7. The van der Waals surface area contributed by atoms with Gasteiger partial charge in [0.25, 0.3) is 0 Å². The van der Waals surface area contributed by atoms with Crippen molar-refractivity contribution in [1.29, 1.82) is 0 Å². The number of hydrogen-bond donors (Lipinski definition) is 3. The van der Waals surface area contributed by atoms with E-state index < -0.39 is 70.0 Å². The normalized spacial score (nSPS) is 14.5. The van der Waals surface area contributed by atoms with E-state index in [0.29, 0.717) is 18.4 Å². The number of aromatic hydroxyl groups is 1. The molecule has 0 atom stereocenters. The molecule has 51 heavy (non-hydrogen) atoms. The van der Waals surface area contributed by atoms with Crippen LogP contribution in [0.3, 0.4) is 0 Å². The van der Waals surface area contributed by atoms with E-state index in [2.05, 4.69) is 14.7 Å². The lowest BCUT2D eigenvalue weighted by molar-refractivity contribution is -0.154. The first-order valence-corrected chi connectivity index (χ1v) is 17.2. The second kappa shape index (κ2) is 12.7. The molecule has 0 unspecified atom stereocenters. The summed E-state index contributed by atoms with van der Waals surface area (Å²) in [4.78, 5) is 20.2. The van der Waals surface area contributed by atoms with Gasteiger partial charge in [-0.2, -0.15) is 26.3 Å². The summed E-state index contributed by atoms with van der Waals surface area (Å²) in [7, 11) is -4.20. The maximum atomic E-state index is 13.4. The van der Waals surface area contributed by atoms with Crippen LogP contribution in [0.15, 0.2) is 54.7 Å². The number of alkyl halides is 6. The molecule has 1 aliphatic rings. The highest BCUT2D eigenvalue weighted by atomic mass is 32.2. The van der Waals surface area contributed by atoms with Gasteiger partial charge in [-0.3, -0.25) is 14.5 Å². The molecule has 0 spiro atoms. The molecule has 1 fully saturated rings. The fraction of sp³-hybridized carbons (Fsp3) is 0.314. The Balaban J connectivity index is 1.38. The minimum absolute atomic E-state index is 0.0476. The van der Waals surface area contributed by atoms with Crippen molar-refractivity contribution in [2.75, 3.05) is 13.2 Å². The van der Waals surface area contributed by atoms with Gasteiger partial charge >= 0.3 is 12.4 Å². The molecule has 0 bridgehead atoms.